The second-order valence-electron chi connectivity index (χ2n) is 7.90. The van der Waals surface area contributed by atoms with Gasteiger partial charge in [-0.1, -0.05) is 29.8 Å². The molecular weight excluding hydrogens is 390 g/mol. The lowest BCUT2D eigenvalue weighted by Crippen LogP contribution is -2.22. The van der Waals surface area contributed by atoms with E-state index in [-0.39, 0.29) is 17.6 Å². The number of benzene rings is 2. The molecule has 0 aliphatic heterocycles. The van der Waals surface area contributed by atoms with Gasteiger partial charge in [0.05, 0.1) is 5.71 Å². The molecule has 0 atom stereocenters. The van der Waals surface area contributed by atoms with Gasteiger partial charge in [0.25, 0.3) is 11.8 Å². The van der Waals surface area contributed by atoms with Crippen LogP contribution < -0.4 is 10.7 Å². The monoisotopic (exact) mass is 415 g/mol. The predicted octanol–water partition coefficient (Wildman–Crippen LogP) is 4.93. The normalized spacial score (nSPS) is 14.2. The maximum atomic E-state index is 12.8. The molecule has 1 aliphatic rings. The van der Waals surface area contributed by atoms with Crippen molar-refractivity contribution in [2.24, 2.45) is 5.10 Å². The number of nitrogens with one attached hydrogen (secondary N) is 2. The quantitative estimate of drug-likeness (QED) is 0.593. The SMILES string of the molecule is Cc1cccc(NC(=O)c2oc3c(c2C)/C(=N/NC(=O)c2cccc(C)c2)CCC3)c1. The fourth-order valence-corrected chi connectivity index (χ4v) is 3.88. The van der Waals surface area contributed by atoms with Crippen molar-refractivity contribution in [1.82, 2.24) is 5.43 Å². The largest absolute Gasteiger partial charge is 0.455 e. The minimum absolute atomic E-state index is 0.262. The number of nitrogens with zero attached hydrogens (tertiary/aromatic N) is 1. The summed E-state index contributed by atoms with van der Waals surface area (Å²) in [4.78, 5) is 25.3. The molecule has 2 aromatic carbocycles. The van der Waals surface area contributed by atoms with E-state index >= 15 is 0 Å². The van der Waals surface area contributed by atoms with Crippen LogP contribution in [0.2, 0.25) is 0 Å². The first-order valence-electron chi connectivity index (χ1n) is 10.4. The van der Waals surface area contributed by atoms with Crippen LogP contribution in [0.25, 0.3) is 0 Å². The number of furan rings is 1. The third-order valence-corrected chi connectivity index (χ3v) is 5.38. The fraction of sp³-hybridized carbons (Fsp3) is 0.240. The van der Waals surface area contributed by atoms with Crippen LogP contribution >= 0.6 is 0 Å². The Hall–Kier alpha value is -3.67. The third kappa shape index (κ3) is 4.43. The predicted molar refractivity (Wildman–Crippen MR) is 121 cm³/mol. The van der Waals surface area contributed by atoms with Crippen LogP contribution in [0.3, 0.4) is 0 Å². The molecule has 158 valence electrons. The first-order chi connectivity index (χ1) is 14.9. The van der Waals surface area contributed by atoms with Gasteiger partial charge in [-0.2, -0.15) is 5.10 Å². The third-order valence-electron chi connectivity index (χ3n) is 5.38. The number of amides is 2. The Morgan fingerprint density at radius 2 is 1.68 bits per heavy atom. The van der Waals surface area contributed by atoms with E-state index in [0.717, 1.165) is 52.3 Å². The van der Waals surface area contributed by atoms with Gasteiger partial charge < -0.3 is 9.73 Å². The lowest BCUT2D eigenvalue weighted by atomic mass is 9.93. The van der Waals surface area contributed by atoms with Crippen LogP contribution in [0.15, 0.2) is 58.0 Å². The molecule has 3 aromatic rings. The summed E-state index contributed by atoms with van der Waals surface area (Å²) in [5, 5.41) is 7.28. The second-order valence-corrected chi connectivity index (χ2v) is 7.90. The van der Waals surface area contributed by atoms with Crippen molar-refractivity contribution < 1.29 is 14.0 Å². The zero-order valence-electron chi connectivity index (χ0n) is 17.9. The summed E-state index contributed by atoms with van der Waals surface area (Å²) in [7, 11) is 0. The molecule has 31 heavy (non-hydrogen) atoms. The summed E-state index contributed by atoms with van der Waals surface area (Å²) in [5.74, 6) is 0.468. The molecule has 0 saturated carbocycles. The molecule has 4 rings (SSSR count). The highest BCUT2D eigenvalue weighted by molar-refractivity contribution is 6.09. The number of hydrazone groups is 1. The van der Waals surface area contributed by atoms with Gasteiger partial charge in [-0.05, 0) is 63.4 Å². The Bertz CT molecular complexity index is 1190. The number of aryl methyl sites for hydroxylation is 3. The Kier molecular flexibility index (Phi) is 5.71. The maximum Gasteiger partial charge on any atom is 0.291 e. The van der Waals surface area contributed by atoms with E-state index < -0.39 is 0 Å². The van der Waals surface area contributed by atoms with Gasteiger partial charge in [-0.15, -0.1) is 0 Å². The van der Waals surface area contributed by atoms with Crippen LogP contribution in [0.4, 0.5) is 5.69 Å². The molecule has 1 heterocycles. The van der Waals surface area contributed by atoms with Gasteiger partial charge in [-0.25, -0.2) is 5.43 Å². The molecule has 6 heteroatoms. The van der Waals surface area contributed by atoms with Gasteiger partial charge in [0.2, 0.25) is 0 Å². The van der Waals surface area contributed by atoms with E-state index in [1.165, 1.54) is 0 Å². The van der Waals surface area contributed by atoms with E-state index in [1.54, 1.807) is 6.07 Å². The highest BCUT2D eigenvalue weighted by Crippen LogP contribution is 2.30. The van der Waals surface area contributed by atoms with Gasteiger partial charge in [0.1, 0.15) is 5.76 Å². The van der Waals surface area contributed by atoms with Crippen LogP contribution in [0.1, 0.15) is 61.8 Å². The molecule has 1 aromatic heterocycles. The second kappa shape index (κ2) is 8.60. The van der Waals surface area contributed by atoms with Gasteiger partial charge >= 0.3 is 0 Å². The van der Waals surface area contributed by atoms with Crippen LogP contribution in [-0.2, 0) is 6.42 Å². The first kappa shape index (κ1) is 20.6. The van der Waals surface area contributed by atoms with Gasteiger partial charge in [0.15, 0.2) is 5.76 Å². The number of rotatable bonds is 4. The first-order valence-corrected chi connectivity index (χ1v) is 10.4. The van der Waals surface area contributed by atoms with Crippen LogP contribution in [-0.4, -0.2) is 17.5 Å². The molecule has 2 amide bonds. The molecule has 2 N–H and O–H groups in total. The summed E-state index contributed by atoms with van der Waals surface area (Å²) in [6.07, 6.45) is 2.29. The molecule has 6 nitrogen and oxygen atoms in total. The van der Waals surface area contributed by atoms with E-state index in [0.29, 0.717) is 12.0 Å². The average molecular weight is 415 g/mol. The van der Waals surface area contributed by atoms with Gasteiger partial charge in [0, 0.05) is 28.8 Å². The van der Waals surface area contributed by atoms with Crippen molar-refractivity contribution in [3.63, 3.8) is 0 Å². The van der Waals surface area contributed by atoms with Crippen LogP contribution in [0.5, 0.6) is 0 Å². The Labute approximate surface area is 181 Å². The number of hydrogen-bond acceptors (Lipinski definition) is 4. The van der Waals surface area contributed by atoms with E-state index in [2.05, 4.69) is 15.8 Å². The topological polar surface area (TPSA) is 83.7 Å². The zero-order valence-corrected chi connectivity index (χ0v) is 17.9. The summed E-state index contributed by atoms with van der Waals surface area (Å²) in [6, 6.07) is 15.0. The summed E-state index contributed by atoms with van der Waals surface area (Å²) >= 11 is 0. The van der Waals surface area contributed by atoms with E-state index in [1.807, 2.05) is 63.2 Å². The summed E-state index contributed by atoms with van der Waals surface area (Å²) in [6.45, 7) is 5.77. The van der Waals surface area contributed by atoms with E-state index in [9.17, 15) is 9.59 Å². The van der Waals surface area contributed by atoms with Crippen molar-refractivity contribution in [2.75, 3.05) is 5.32 Å². The Morgan fingerprint density at radius 1 is 0.935 bits per heavy atom. The number of carbonyl (C=O) groups excluding carboxylic acids is 2. The highest BCUT2D eigenvalue weighted by atomic mass is 16.4. The Morgan fingerprint density at radius 3 is 2.42 bits per heavy atom. The molecule has 0 fully saturated rings. The van der Waals surface area contributed by atoms with Crippen molar-refractivity contribution in [1.29, 1.82) is 0 Å². The maximum absolute atomic E-state index is 12.8. The highest BCUT2D eigenvalue weighted by Gasteiger charge is 2.28. The molecule has 0 radical (unpaired) electrons. The number of carbonyl (C=O) groups is 2. The lowest BCUT2D eigenvalue weighted by molar-refractivity contribution is 0.0953. The number of anilines is 1. The smallest absolute Gasteiger partial charge is 0.291 e. The molecule has 0 unspecified atom stereocenters. The van der Waals surface area contributed by atoms with Crippen molar-refractivity contribution in [3.05, 3.63) is 87.9 Å². The molecule has 1 aliphatic carbocycles. The zero-order chi connectivity index (χ0) is 22.0. The molecule has 0 bridgehead atoms. The number of hydrogen-bond donors (Lipinski definition) is 2. The van der Waals surface area contributed by atoms with Crippen molar-refractivity contribution in [2.45, 2.75) is 40.0 Å². The summed E-state index contributed by atoms with van der Waals surface area (Å²) < 4.78 is 5.93. The van der Waals surface area contributed by atoms with Crippen molar-refractivity contribution >= 4 is 23.2 Å². The Balaban J connectivity index is 1.57. The number of fused-ring (bicyclic) bond motifs is 1. The average Bonchev–Trinajstić information content (AvgIpc) is 3.09. The fourth-order valence-electron chi connectivity index (χ4n) is 3.88. The minimum atomic E-state index is -0.291. The van der Waals surface area contributed by atoms with Crippen LogP contribution in [0, 0.1) is 20.8 Å². The van der Waals surface area contributed by atoms with E-state index in [4.69, 9.17) is 4.42 Å². The van der Waals surface area contributed by atoms with Gasteiger partial charge in [-0.3, -0.25) is 9.59 Å². The standard InChI is InChI=1S/C25H25N3O3/c1-15-7-4-9-18(13-15)24(29)28-27-20-11-6-12-21-22(20)17(3)23(31-21)25(30)26-19-10-5-8-16(2)14-19/h4-5,7-10,13-14H,6,11-12H2,1-3H3,(H,26,30)(H,28,29)/b27-20+. The lowest BCUT2D eigenvalue weighted by Gasteiger charge is -2.13. The minimum Gasteiger partial charge on any atom is -0.455 e. The molecular formula is C25H25N3O3. The summed E-state index contributed by atoms with van der Waals surface area (Å²) in [5.41, 5.74) is 8.30. The van der Waals surface area contributed by atoms with Crippen molar-refractivity contribution in [3.8, 4) is 0 Å². The molecule has 0 spiro atoms. The molecule has 0 saturated heterocycles.